The number of hydrogen-bond acceptors (Lipinski definition) is 9. The van der Waals surface area contributed by atoms with Crippen molar-refractivity contribution in [2.24, 2.45) is 5.10 Å². The van der Waals surface area contributed by atoms with E-state index in [4.69, 9.17) is 9.15 Å². The number of rotatable bonds is 9. The van der Waals surface area contributed by atoms with Crippen molar-refractivity contribution in [3.05, 3.63) is 57.8 Å². The summed E-state index contributed by atoms with van der Waals surface area (Å²) in [6, 6.07) is 7.67. The molecule has 0 aliphatic heterocycles. The summed E-state index contributed by atoms with van der Waals surface area (Å²) in [7, 11) is -4.21. The molecule has 0 aliphatic rings. The average Bonchev–Trinajstić information content (AvgIpc) is 3.15. The Kier molecular flexibility index (Phi) is 7.38. The van der Waals surface area contributed by atoms with Crippen LogP contribution in [0.4, 0.5) is 5.88 Å². The van der Waals surface area contributed by atoms with E-state index >= 15 is 0 Å². The van der Waals surface area contributed by atoms with Gasteiger partial charge >= 0.3 is 11.9 Å². The molecule has 0 radical (unpaired) electrons. The van der Waals surface area contributed by atoms with Crippen LogP contribution in [0.25, 0.3) is 0 Å². The number of amides is 1. The largest absolute Gasteiger partial charge is 0.462 e. The first kappa shape index (κ1) is 22.7. The number of nitro groups is 1. The molecule has 2 rings (SSSR count). The highest BCUT2D eigenvalue weighted by Crippen LogP contribution is 2.16. The molecule has 0 spiro atoms. The summed E-state index contributed by atoms with van der Waals surface area (Å²) >= 11 is 0. The first-order valence-electron chi connectivity index (χ1n) is 8.46. The first-order chi connectivity index (χ1) is 14.1. The number of hydrogen-bond donors (Lipinski definition) is 2. The van der Waals surface area contributed by atoms with Crippen LogP contribution < -0.4 is 10.1 Å². The fourth-order valence-electron chi connectivity index (χ4n) is 2.15. The van der Waals surface area contributed by atoms with Gasteiger partial charge in [-0.2, -0.15) is 9.82 Å². The van der Waals surface area contributed by atoms with E-state index in [1.165, 1.54) is 30.3 Å². The Morgan fingerprint density at radius 2 is 1.97 bits per heavy atom. The number of carbonyl (C=O) groups is 2. The molecular weight excluding hydrogens is 420 g/mol. The second kappa shape index (κ2) is 9.76. The van der Waals surface area contributed by atoms with Crippen LogP contribution >= 0.6 is 0 Å². The summed E-state index contributed by atoms with van der Waals surface area (Å²) in [5.41, 5.74) is 1.87. The Morgan fingerprint density at radius 3 is 2.60 bits per heavy atom. The van der Waals surface area contributed by atoms with Crippen LogP contribution in [0.15, 0.2) is 50.8 Å². The number of sulfonamides is 1. The Morgan fingerprint density at radius 1 is 1.27 bits per heavy atom. The molecule has 2 N–H and O–H groups in total. The highest BCUT2D eigenvalue weighted by Gasteiger charge is 2.23. The van der Waals surface area contributed by atoms with E-state index in [9.17, 15) is 28.1 Å². The van der Waals surface area contributed by atoms with Crippen molar-refractivity contribution in [2.75, 3.05) is 6.54 Å². The van der Waals surface area contributed by atoms with Gasteiger partial charge in [-0.05, 0) is 32.0 Å². The minimum Gasteiger partial charge on any atom is -0.462 e. The number of nitrogens with one attached hydrogen (secondary N) is 2. The predicted octanol–water partition coefficient (Wildman–Crippen LogP) is 1.18. The molecule has 12 nitrogen and oxygen atoms in total. The summed E-state index contributed by atoms with van der Waals surface area (Å²) < 4.78 is 36.8. The number of furan rings is 1. The van der Waals surface area contributed by atoms with E-state index in [-0.39, 0.29) is 16.2 Å². The second-order valence-electron chi connectivity index (χ2n) is 5.99. The van der Waals surface area contributed by atoms with Crippen LogP contribution in [0.2, 0.25) is 0 Å². The van der Waals surface area contributed by atoms with Gasteiger partial charge in [0.15, 0.2) is 5.76 Å². The van der Waals surface area contributed by atoms with E-state index in [2.05, 4.69) is 15.2 Å². The molecule has 0 unspecified atom stereocenters. The number of esters is 1. The zero-order chi connectivity index (χ0) is 22.3. The number of nitrogens with zero attached hydrogens (tertiary/aromatic N) is 2. The summed E-state index contributed by atoms with van der Waals surface area (Å²) in [5, 5.41) is 14.2. The molecule has 1 aromatic heterocycles. The number of carbonyl (C=O) groups excluding carboxylic acids is 2. The molecule has 0 saturated heterocycles. The molecule has 1 heterocycles. The average molecular weight is 438 g/mol. The zero-order valence-corrected chi connectivity index (χ0v) is 16.7. The SMILES string of the molecule is CC(C)OC(=O)CNS(=O)(=O)c1ccccc1C(=O)N/N=C/c1ccc([N+](=O)[O-])o1. The normalized spacial score (nSPS) is 11.6. The smallest absolute Gasteiger partial charge is 0.433 e. The van der Waals surface area contributed by atoms with Gasteiger partial charge in [0.25, 0.3) is 5.91 Å². The fraction of sp³-hybridized carbons (Fsp3) is 0.235. The quantitative estimate of drug-likeness (QED) is 0.254. The molecule has 0 bridgehead atoms. The van der Waals surface area contributed by atoms with Crippen LogP contribution in [0.5, 0.6) is 0 Å². The van der Waals surface area contributed by atoms with Crippen LogP contribution in [0, 0.1) is 10.1 Å². The molecule has 30 heavy (non-hydrogen) atoms. The maximum Gasteiger partial charge on any atom is 0.433 e. The Labute approximate surface area is 171 Å². The third kappa shape index (κ3) is 6.22. The maximum atomic E-state index is 12.5. The lowest BCUT2D eigenvalue weighted by Crippen LogP contribution is -2.33. The van der Waals surface area contributed by atoms with Crippen LogP contribution in [0.1, 0.15) is 30.0 Å². The molecule has 0 fully saturated rings. The van der Waals surface area contributed by atoms with Gasteiger partial charge in [-0.3, -0.25) is 19.7 Å². The standard InChI is InChI=1S/C17H18N4O8S/c1-11(2)28-16(22)10-19-30(26,27)14-6-4-3-5-13(14)17(23)20-18-9-12-7-8-15(29-12)21(24)25/h3-9,11,19H,10H2,1-2H3,(H,20,23)/b18-9+. The topological polar surface area (TPSA) is 170 Å². The lowest BCUT2D eigenvalue weighted by molar-refractivity contribution is -0.402. The van der Waals surface area contributed by atoms with E-state index < -0.39 is 45.4 Å². The Bertz CT molecular complexity index is 1070. The van der Waals surface area contributed by atoms with Gasteiger partial charge in [-0.15, -0.1) is 0 Å². The van der Waals surface area contributed by atoms with Crippen LogP contribution in [0.3, 0.4) is 0 Å². The van der Waals surface area contributed by atoms with E-state index in [1.54, 1.807) is 13.8 Å². The van der Waals surface area contributed by atoms with Gasteiger partial charge < -0.3 is 9.15 Å². The van der Waals surface area contributed by atoms with Crippen molar-refractivity contribution >= 4 is 34.0 Å². The van der Waals surface area contributed by atoms with Crippen molar-refractivity contribution in [3.8, 4) is 0 Å². The summed E-state index contributed by atoms with van der Waals surface area (Å²) in [6.45, 7) is 2.63. The Balaban J connectivity index is 2.10. The lowest BCUT2D eigenvalue weighted by atomic mass is 10.2. The molecule has 0 atom stereocenters. The summed E-state index contributed by atoms with van der Waals surface area (Å²) in [4.78, 5) is 33.4. The number of ether oxygens (including phenoxy) is 1. The highest BCUT2D eigenvalue weighted by molar-refractivity contribution is 7.89. The van der Waals surface area contributed by atoms with Crippen molar-refractivity contribution in [3.63, 3.8) is 0 Å². The van der Waals surface area contributed by atoms with E-state index in [1.807, 2.05) is 0 Å². The second-order valence-corrected chi connectivity index (χ2v) is 7.73. The molecular formula is C17H18N4O8S. The monoisotopic (exact) mass is 438 g/mol. The molecule has 1 aromatic carbocycles. The lowest BCUT2D eigenvalue weighted by Gasteiger charge is -2.11. The molecule has 13 heteroatoms. The molecule has 2 aromatic rings. The molecule has 1 amide bonds. The number of benzene rings is 1. The number of hydrazone groups is 1. The van der Waals surface area contributed by atoms with Gasteiger partial charge in [0, 0.05) is 0 Å². The van der Waals surface area contributed by atoms with Gasteiger partial charge in [-0.25, -0.2) is 13.8 Å². The zero-order valence-electron chi connectivity index (χ0n) is 15.9. The fourth-order valence-corrected chi connectivity index (χ4v) is 3.32. The molecule has 0 aliphatic carbocycles. The maximum absolute atomic E-state index is 12.5. The summed E-state index contributed by atoms with van der Waals surface area (Å²) in [6.07, 6.45) is 0.607. The predicted molar refractivity (Wildman–Crippen MR) is 103 cm³/mol. The van der Waals surface area contributed by atoms with Crippen molar-refractivity contribution in [2.45, 2.75) is 24.8 Å². The minimum atomic E-state index is -4.21. The van der Waals surface area contributed by atoms with Crippen LogP contribution in [-0.4, -0.2) is 44.1 Å². The van der Waals surface area contributed by atoms with Gasteiger partial charge in [0.05, 0.1) is 28.8 Å². The van der Waals surface area contributed by atoms with Crippen molar-refractivity contribution in [1.29, 1.82) is 0 Å². The molecule has 160 valence electrons. The van der Waals surface area contributed by atoms with E-state index in [0.717, 1.165) is 12.3 Å². The summed E-state index contributed by atoms with van der Waals surface area (Å²) in [5.74, 6) is -2.12. The third-order valence-corrected chi connectivity index (χ3v) is 4.80. The third-order valence-electron chi connectivity index (χ3n) is 3.35. The van der Waals surface area contributed by atoms with Crippen molar-refractivity contribution < 1.29 is 32.1 Å². The highest BCUT2D eigenvalue weighted by atomic mass is 32.2. The molecule has 0 saturated carbocycles. The van der Waals surface area contributed by atoms with E-state index in [0.29, 0.717) is 0 Å². The van der Waals surface area contributed by atoms with Crippen molar-refractivity contribution in [1.82, 2.24) is 10.1 Å². The van der Waals surface area contributed by atoms with Gasteiger partial charge in [-0.1, -0.05) is 12.1 Å². The first-order valence-corrected chi connectivity index (χ1v) is 9.94. The van der Waals surface area contributed by atoms with Crippen LogP contribution in [-0.2, 0) is 19.6 Å². The van der Waals surface area contributed by atoms with Gasteiger partial charge in [0.2, 0.25) is 10.0 Å². The minimum absolute atomic E-state index is 0.00763. The Hall–Kier alpha value is -3.58. The van der Waals surface area contributed by atoms with Gasteiger partial charge in [0.1, 0.15) is 11.5 Å².